The Morgan fingerprint density at radius 1 is 1.22 bits per heavy atom. The van der Waals surface area contributed by atoms with Crippen molar-refractivity contribution >= 4 is 11.2 Å². The van der Waals surface area contributed by atoms with Crippen LogP contribution in [-0.2, 0) is 0 Å². The molecule has 0 unspecified atom stereocenters. The van der Waals surface area contributed by atoms with Crippen molar-refractivity contribution in [2.45, 2.75) is 26.7 Å². The van der Waals surface area contributed by atoms with Crippen LogP contribution in [0.25, 0.3) is 17.0 Å². The van der Waals surface area contributed by atoms with Gasteiger partial charge in [-0.15, -0.1) is 0 Å². The summed E-state index contributed by atoms with van der Waals surface area (Å²) in [6.07, 6.45) is 3.65. The molecule has 4 nitrogen and oxygen atoms in total. The zero-order chi connectivity index (χ0) is 12.7. The third-order valence-corrected chi connectivity index (χ3v) is 3.04. The molecule has 0 aliphatic carbocycles. The Morgan fingerprint density at radius 3 is 2.72 bits per heavy atom. The van der Waals surface area contributed by atoms with E-state index in [2.05, 4.69) is 29.9 Å². The van der Waals surface area contributed by atoms with Gasteiger partial charge in [-0.1, -0.05) is 13.8 Å². The summed E-state index contributed by atoms with van der Waals surface area (Å²) in [5.41, 5.74) is 2.92. The molecule has 0 atom stereocenters. The number of imidazole rings is 1. The lowest BCUT2D eigenvalue weighted by Gasteiger charge is -2.04. The van der Waals surface area contributed by atoms with Crippen LogP contribution in [0.1, 0.15) is 31.1 Å². The van der Waals surface area contributed by atoms with Gasteiger partial charge in [0.15, 0.2) is 5.65 Å². The first-order valence-corrected chi connectivity index (χ1v) is 6.05. The summed E-state index contributed by atoms with van der Waals surface area (Å²) in [6, 6.07) is 5.94. The molecule has 0 aliphatic heterocycles. The molecule has 0 aliphatic rings. The number of aromatic nitrogens is 3. The summed E-state index contributed by atoms with van der Waals surface area (Å²) in [6.45, 7) is 6.22. The second-order valence-corrected chi connectivity index (χ2v) is 4.76. The fraction of sp³-hybridized carbons (Fsp3) is 0.286. The molecule has 3 aromatic heterocycles. The average Bonchev–Trinajstić information content (AvgIpc) is 2.93. The molecule has 0 saturated carbocycles. The van der Waals surface area contributed by atoms with Crippen LogP contribution in [-0.4, -0.2) is 14.5 Å². The van der Waals surface area contributed by atoms with Gasteiger partial charge in [0.1, 0.15) is 17.6 Å². The van der Waals surface area contributed by atoms with Crippen molar-refractivity contribution in [1.29, 1.82) is 0 Å². The van der Waals surface area contributed by atoms with Crippen LogP contribution in [0.3, 0.4) is 0 Å². The van der Waals surface area contributed by atoms with E-state index in [9.17, 15) is 0 Å². The molecule has 0 spiro atoms. The molecular weight excluding hydrogens is 226 g/mol. The molecule has 4 heteroatoms. The van der Waals surface area contributed by atoms with Crippen molar-refractivity contribution in [1.82, 2.24) is 14.5 Å². The second kappa shape index (κ2) is 3.98. The number of hydrogen-bond acceptors (Lipinski definition) is 3. The molecule has 0 N–H and O–H groups in total. The van der Waals surface area contributed by atoms with Gasteiger partial charge >= 0.3 is 0 Å². The van der Waals surface area contributed by atoms with Crippen molar-refractivity contribution in [3.63, 3.8) is 0 Å². The van der Waals surface area contributed by atoms with E-state index >= 15 is 0 Å². The van der Waals surface area contributed by atoms with Gasteiger partial charge in [-0.05, 0) is 30.5 Å². The topological polar surface area (TPSA) is 43.9 Å². The second-order valence-electron chi connectivity index (χ2n) is 4.76. The van der Waals surface area contributed by atoms with Crippen LogP contribution in [0.15, 0.2) is 35.1 Å². The molecule has 0 aromatic carbocycles. The lowest BCUT2D eigenvalue weighted by molar-refractivity contribution is 0.512. The molecule has 0 bridgehead atoms. The van der Waals surface area contributed by atoms with Crippen molar-refractivity contribution in [3.8, 4) is 5.88 Å². The zero-order valence-electron chi connectivity index (χ0n) is 10.7. The highest BCUT2D eigenvalue weighted by atomic mass is 16.4. The molecule has 3 aromatic rings. The number of rotatable bonds is 2. The van der Waals surface area contributed by atoms with E-state index in [-0.39, 0.29) is 0 Å². The maximum absolute atomic E-state index is 5.60. The normalized spacial score (nSPS) is 11.6. The van der Waals surface area contributed by atoms with Gasteiger partial charge in [0.05, 0.1) is 0 Å². The molecule has 0 amide bonds. The highest BCUT2D eigenvalue weighted by Crippen LogP contribution is 2.21. The first-order chi connectivity index (χ1) is 8.65. The Morgan fingerprint density at radius 2 is 2.06 bits per heavy atom. The van der Waals surface area contributed by atoms with E-state index in [1.165, 1.54) is 5.56 Å². The predicted octanol–water partition coefficient (Wildman–Crippen LogP) is 3.45. The molecule has 3 rings (SSSR count). The van der Waals surface area contributed by atoms with Gasteiger partial charge < -0.3 is 4.42 Å². The first-order valence-electron chi connectivity index (χ1n) is 6.05. The van der Waals surface area contributed by atoms with E-state index in [0.717, 1.165) is 22.8 Å². The molecule has 0 saturated heterocycles. The highest BCUT2D eigenvalue weighted by Gasteiger charge is 2.10. The fourth-order valence-electron chi connectivity index (χ4n) is 1.94. The SMILES string of the molecule is Cc1ccc(-n2cnc3cc(C(C)C)cnc32)o1. The average molecular weight is 241 g/mol. The smallest absolute Gasteiger partial charge is 0.206 e. The summed E-state index contributed by atoms with van der Waals surface area (Å²) in [5.74, 6) is 2.09. The molecule has 0 radical (unpaired) electrons. The van der Waals surface area contributed by atoms with Gasteiger partial charge in [0, 0.05) is 12.3 Å². The summed E-state index contributed by atoms with van der Waals surface area (Å²) >= 11 is 0. The van der Waals surface area contributed by atoms with Crippen molar-refractivity contribution < 1.29 is 4.42 Å². The molecule has 0 fully saturated rings. The minimum absolute atomic E-state index is 0.456. The van der Waals surface area contributed by atoms with Gasteiger partial charge in [-0.25, -0.2) is 9.97 Å². The van der Waals surface area contributed by atoms with E-state index in [0.29, 0.717) is 5.92 Å². The Hall–Kier alpha value is -2.10. The quantitative estimate of drug-likeness (QED) is 0.690. The van der Waals surface area contributed by atoms with Gasteiger partial charge in [-0.3, -0.25) is 4.57 Å². The predicted molar refractivity (Wildman–Crippen MR) is 70.0 cm³/mol. The monoisotopic (exact) mass is 241 g/mol. The highest BCUT2D eigenvalue weighted by molar-refractivity contribution is 5.73. The Bertz CT molecular complexity index is 694. The lowest BCUT2D eigenvalue weighted by Crippen LogP contribution is -1.94. The number of hydrogen-bond donors (Lipinski definition) is 0. The lowest BCUT2D eigenvalue weighted by atomic mass is 10.1. The van der Waals surface area contributed by atoms with Crippen molar-refractivity contribution in [2.75, 3.05) is 0 Å². The summed E-state index contributed by atoms with van der Waals surface area (Å²) < 4.78 is 7.46. The van der Waals surface area contributed by atoms with Crippen LogP contribution < -0.4 is 0 Å². The van der Waals surface area contributed by atoms with Gasteiger partial charge in [-0.2, -0.15) is 0 Å². The van der Waals surface area contributed by atoms with E-state index < -0.39 is 0 Å². The van der Waals surface area contributed by atoms with Crippen molar-refractivity contribution in [3.05, 3.63) is 42.0 Å². The van der Waals surface area contributed by atoms with Crippen LogP contribution in [0, 0.1) is 6.92 Å². The number of furan rings is 1. The minimum Gasteiger partial charge on any atom is -0.445 e. The maximum Gasteiger partial charge on any atom is 0.206 e. The maximum atomic E-state index is 5.60. The number of pyridine rings is 1. The Labute approximate surface area is 105 Å². The number of nitrogens with zero attached hydrogens (tertiary/aromatic N) is 3. The Kier molecular flexibility index (Phi) is 2.44. The standard InChI is InChI=1S/C14H15N3O/c1-9(2)11-6-12-14(15-7-11)17(8-16-12)13-5-4-10(3)18-13/h4-9H,1-3H3. The summed E-state index contributed by atoms with van der Waals surface area (Å²) in [4.78, 5) is 8.88. The largest absolute Gasteiger partial charge is 0.445 e. The van der Waals surface area contributed by atoms with E-state index in [1.54, 1.807) is 6.33 Å². The third kappa shape index (κ3) is 1.70. The van der Waals surface area contributed by atoms with Gasteiger partial charge in [0.25, 0.3) is 0 Å². The van der Waals surface area contributed by atoms with Crippen LogP contribution in [0.4, 0.5) is 0 Å². The van der Waals surface area contributed by atoms with Gasteiger partial charge in [0.2, 0.25) is 5.88 Å². The zero-order valence-corrected chi connectivity index (χ0v) is 10.7. The number of fused-ring (bicyclic) bond motifs is 1. The van der Waals surface area contributed by atoms with E-state index in [4.69, 9.17) is 4.42 Å². The molecule has 92 valence electrons. The van der Waals surface area contributed by atoms with E-state index in [1.807, 2.05) is 29.8 Å². The Balaban J connectivity index is 2.15. The molecule has 3 heterocycles. The summed E-state index contributed by atoms with van der Waals surface area (Å²) in [5, 5.41) is 0. The summed E-state index contributed by atoms with van der Waals surface area (Å²) in [7, 11) is 0. The minimum atomic E-state index is 0.456. The third-order valence-electron chi connectivity index (χ3n) is 3.04. The first kappa shape index (κ1) is 11.0. The van der Waals surface area contributed by atoms with Crippen LogP contribution >= 0.6 is 0 Å². The van der Waals surface area contributed by atoms with Crippen LogP contribution in [0.2, 0.25) is 0 Å². The van der Waals surface area contributed by atoms with Crippen molar-refractivity contribution in [2.24, 2.45) is 0 Å². The molecular formula is C14H15N3O. The molecule has 18 heavy (non-hydrogen) atoms. The van der Waals surface area contributed by atoms with Crippen LogP contribution in [0.5, 0.6) is 0 Å². The fourth-order valence-corrected chi connectivity index (χ4v) is 1.94. The number of aryl methyl sites for hydroxylation is 1.